The molecule has 0 bridgehead atoms. The normalized spacial score (nSPS) is 10.2. The average Bonchev–Trinajstić information content (AvgIpc) is 1.97. The zero-order valence-electron chi connectivity index (χ0n) is 6.19. The van der Waals surface area contributed by atoms with Crippen LogP contribution >= 0.6 is 31.9 Å². The van der Waals surface area contributed by atoms with Gasteiger partial charge in [0.05, 0.1) is 0 Å². The molecule has 0 spiro atoms. The smallest absolute Gasteiger partial charge is 0.263 e. The summed E-state index contributed by atoms with van der Waals surface area (Å²) in [7, 11) is 0. The van der Waals surface area contributed by atoms with Crippen LogP contribution in [0.3, 0.4) is 0 Å². The molecule has 1 aromatic heterocycles. The van der Waals surface area contributed by atoms with Gasteiger partial charge in [-0.2, -0.15) is 4.73 Å². The van der Waals surface area contributed by atoms with Gasteiger partial charge >= 0.3 is 0 Å². The summed E-state index contributed by atoms with van der Waals surface area (Å²) >= 11 is 6.35. The minimum Gasteiger partial charge on any atom is -0.617 e. The molecule has 0 N–H and O–H groups in total. The number of nitrogens with zero attached hydrogens (tertiary/aromatic N) is 1. The fraction of sp³-hybridized carbons (Fsp3) is 0.286. The van der Waals surface area contributed by atoms with Crippen LogP contribution in [0, 0.1) is 19.1 Å². The lowest BCUT2D eigenvalue weighted by atomic mass is 10.2. The van der Waals surface area contributed by atoms with Crippen LogP contribution in [0.5, 0.6) is 0 Å². The van der Waals surface area contributed by atoms with Gasteiger partial charge in [0.15, 0.2) is 0 Å². The van der Waals surface area contributed by atoms with Crippen molar-refractivity contribution in [3.05, 3.63) is 31.6 Å². The van der Waals surface area contributed by atoms with Crippen LogP contribution in [-0.4, -0.2) is 0 Å². The minimum absolute atomic E-state index is 0.535. The summed E-state index contributed by atoms with van der Waals surface area (Å²) in [5.74, 6) is 0. The number of hydrogen-bond acceptors (Lipinski definition) is 1. The third-order valence-electron chi connectivity index (χ3n) is 1.61. The Morgan fingerprint density at radius 2 is 1.91 bits per heavy atom. The third-order valence-corrected chi connectivity index (χ3v) is 3.08. The van der Waals surface area contributed by atoms with Gasteiger partial charge in [0.1, 0.15) is 0 Å². The highest BCUT2D eigenvalue weighted by atomic mass is 79.9. The van der Waals surface area contributed by atoms with Gasteiger partial charge in [-0.3, -0.25) is 0 Å². The lowest BCUT2D eigenvalue weighted by Crippen LogP contribution is -2.30. The van der Waals surface area contributed by atoms with Crippen molar-refractivity contribution in [2.75, 3.05) is 0 Å². The van der Waals surface area contributed by atoms with Gasteiger partial charge < -0.3 is 5.21 Å². The summed E-state index contributed by atoms with van der Waals surface area (Å²) in [4.78, 5) is 0. The molecule has 0 radical (unpaired) electrons. The summed E-state index contributed by atoms with van der Waals surface area (Å²) in [5, 5.41) is 11.2. The summed E-state index contributed by atoms with van der Waals surface area (Å²) in [5.41, 5.74) is 2.07. The van der Waals surface area contributed by atoms with Crippen LogP contribution in [0.1, 0.15) is 11.1 Å². The van der Waals surface area contributed by atoms with E-state index in [1.54, 1.807) is 6.07 Å². The maximum atomic E-state index is 11.2. The molecular weight excluding hydrogens is 274 g/mol. The first-order valence-electron chi connectivity index (χ1n) is 3.09. The summed E-state index contributed by atoms with van der Waals surface area (Å²) in [6.45, 7) is 3.87. The van der Waals surface area contributed by atoms with Crippen molar-refractivity contribution in [2.24, 2.45) is 0 Å². The summed E-state index contributed by atoms with van der Waals surface area (Å²) in [6.07, 6.45) is 0. The van der Waals surface area contributed by atoms with Crippen LogP contribution in [-0.2, 0) is 0 Å². The lowest BCUT2D eigenvalue weighted by molar-refractivity contribution is -0.629. The van der Waals surface area contributed by atoms with Crippen molar-refractivity contribution in [1.82, 2.24) is 0 Å². The maximum Gasteiger partial charge on any atom is 0.263 e. The Balaban J connectivity index is 3.46. The van der Waals surface area contributed by atoms with Crippen molar-refractivity contribution in [3.8, 4) is 0 Å². The Bertz CT molecular complexity index is 273. The molecule has 1 aromatic rings. The predicted molar refractivity (Wildman–Crippen MR) is 50.3 cm³/mol. The van der Waals surface area contributed by atoms with E-state index in [9.17, 15) is 5.21 Å². The molecule has 60 valence electrons. The Hall–Kier alpha value is -0.0900. The third kappa shape index (κ3) is 1.56. The van der Waals surface area contributed by atoms with Crippen molar-refractivity contribution in [2.45, 2.75) is 13.8 Å². The number of rotatable bonds is 0. The van der Waals surface area contributed by atoms with Gasteiger partial charge in [0, 0.05) is 43.5 Å². The molecule has 1 heterocycles. The average molecular weight is 281 g/mol. The molecular formula is C7H7Br2NO. The van der Waals surface area contributed by atoms with Crippen molar-refractivity contribution in [1.29, 1.82) is 0 Å². The van der Waals surface area contributed by atoms with E-state index in [1.165, 1.54) is 0 Å². The van der Waals surface area contributed by atoms with E-state index in [2.05, 4.69) is 31.9 Å². The number of aromatic nitrogens is 1. The molecule has 0 aliphatic heterocycles. The molecule has 0 fully saturated rings. The van der Waals surface area contributed by atoms with E-state index < -0.39 is 0 Å². The predicted octanol–water partition coefficient (Wildman–Crippen LogP) is 2.46. The summed E-state index contributed by atoms with van der Waals surface area (Å²) in [6, 6.07) is 1.80. The van der Waals surface area contributed by atoms with Crippen LogP contribution in [0.25, 0.3) is 0 Å². The zero-order valence-corrected chi connectivity index (χ0v) is 9.36. The highest BCUT2D eigenvalue weighted by Gasteiger charge is 2.11. The highest BCUT2D eigenvalue weighted by molar-refractivity contribution is 9.11. The number of aryl methyl sites for hydroxylation is 1. The topological polar surface area (TPSA) is 26.9 Å². The monoisotopic (exact) mass is 279 g/mol. The second kappa shape index (κ2) is 3.11. The van der Waals surface area contributed by atoms with Gasteiger partial charge in [-0.25, -0.2) is 0 Å². The van der Waals surface area contributed by atoms with Crippen LogP contribution in [0.2, 0.25) is 0 Å². The van der Waals surface area contributed by atoms with Crippen LogP contribution in [0.15, 0.2) is 15.3 Å². The van der Waals surface area contributed by atoms with E-state index in [4.69, 9.17) is 0 Å². The van der Waals surface area contributed by atoms with E-state index >= 15 is 0 Å². The van der Waals surface area contributed by atoms with Crippen molar-refractivity contribution in [3.63, 3.8) is 0 Å². The maximum absolute atomic E-state index is 11.2. The second-order valence-electron chi connectivity index (χ2n) is 2.36. The lowest BCUT2D eigenvalue weighted by Gasteiger charge is -2.05. The fourth-order valence-corrected chi connectivity index (χ4v) is 2.02. The zero-order chi connectivity index (χ0) is 8.59. The van der Waals surface area contributed by atoms with E-state index in [-0.39, 0.29) is 0 Å². The summed E-state index contributed by atoms with van der Waals surface area (Å²) < 4.78 is 1.92. The fourth-order valence-electron chi connectivity index (χ4n) is 0.754. The van der Waals surface area contributed by atoms with Crippen LogP contribution in [0.4, 0.5) is 0 Å². The Labute approximate surface area is 82.1 Å². The van der Waals surface area contributed by atoms with E-state index in [0.717, 1.165) is 15.9 Å². The van der Waals surface area contributed by atoms with Crippen molar-refractivity contribution < 1.29 is 4.73 Å². The highest BCUT2D eigenvalue weighted by Crippen LogP contribution is 2.18. The van der Waals surface area contributed by atoms with Crippen LogP contribution < -0.4 is 4.73 Å². The SMILES string of the molecule is Cc1cc(Br)[n+]([O-])c(Br)c1C. The molecule has 0 unspecified atom stereocenters. The second-order valence-corrected chi connectivity index (χ2v) is 3.92. The molecule has 2 nitrogen and oxygen atoms in total. The Morgan fingerprint density at radius 3 is 2.45 bits per heavy atom. The molecule has 11 heavy (non-hydrogen) atoms. The molecule has 0 saturated heterocycles. The van der Waals surface area contributed by atoms with E-state index in [0.29, 0.717) is 9.21 Å². The standard InChI is InChI=1S/C7H7Br2NO/c1-4-3-6(8)10(11)7(9)5(4)2/h3H,1-2H3. The van der Waals surface area contributed by atoms with Gasteiger partial charge in [0.2, 0.25) is 0 Å². The molecule has 0 aliphatic carbocycles. The first kappa shape index (κ1) is 9.00. The first-order valence-corrected chi connectivity index (χ1v) is 4.67. The van der Waals surface area contributed by atoms with Gasteiger partial charge in [-0.05, 0) is 19.4 Å². The molecule has 0 aromatic carbocycles. The van der Waals surface area contributed by atoms with Crippen molar-refractivity contribution >= 4 is 31.9 Å². The molecule has 0 amide bonds. The Kier molecular flexibility index (Phi) is 2.54. The molecule has 0 saturated carbocycles. The van der Waals surface area contributed by atoms with Gasteiger partial charge in [0.25, 0.3) is 9.21 Å². The number of hydrogen-bond donors (Lipinski definition) is 0. The van der Waals surface area contributed by atoms with Gasteiger partial charge in [-0.15, -0.1) is 0 Å². The minimum atomic E-state index is 0.535. The molecule has 0 aliphatic rings. The Morgan fingerprint density at radius 1 is 1.36 bits per heavy atom. The quantitative estimate of drug-likeness (QED) is 0.407. The number of halogens is 2. The molecule has 0 atom stereocenters. The molecule has 4 heteroatoms. The first-order chi connectivity index (χ1) is 5.04. The largest absolute Gasteiger partial charge is 0.617 e. The number of pyridine rings is 1. The van der Waals surface area contributed by atoms with Gasteiger partial charge in [-0.1, -0.05) is 0 Å². The molecule has 1 rings (SSSR count). The van der Waals surface area contributed by atoms with E-state index in [1.807, 2.05) is 13.8 Å².